The van der Waals surface area contributed by atoms with Gasteiger partial charge < -0.3 is 9.64 Å². The summed E-state index contributed by atoms with van der Waals surface area (Å²) in [5.74, 6) is -0.446. The van der Waals surface area contributed by atoms with E-state index in [-0.39, 0.29) is 23.7 Å². The summed E-state index contributed by atoms with van der Waals surface area (Å²) in [5, 5.41) is 0. The summed E-state index contributed by atoms with van der Waals surface area (Å²) in [6, 6.07) is 6.24. The van der Waals surface area contributed by atoms with Gasteiger partial charge in [-0.25, -0.2) is 4.39 Å². The van der Waals surface area contributed by atoms with Crippen LogP contribution in [0, 0.1) is 5.82 Å². The van der Waals surface area contributed by atoms with Crippen molar-refractivity contribution in [2.45, 2.75) is 6.10 Å². The highest BCUT2D eigenvalue weighted by Crippen LogP contribution is 2.22. The van der Waals surface area contributed by atoms with Crippen LogP contribution in [0.2, 0.25) is 0 Å². The molecule has 2 rings (SSSR count). The Bertz CT molecular complexity index is 413. The molecular formula is C12H13ClFNO2. The van der Waals surface area contributed by atoms with E-state index < -0.39 is 0 Å². The minimum atomic E-state index is -0.299. The van der Waals surface area contributed by atoms with Gasteiger partial charge in [-0.05, 0) is 17.7 Å². The molecule has 1 saturated heterocycles. The molecule has 1 amide bonds. The number of carbonyl (C=O) groups excluding carboxylic acids is 1. The molecule has 0 saturated carbocycles. The van der Waals surface area contributed by atoms with E-state index in [0.717, 1.165) is 5.56 Å². The second-order valence-electron chi connectivity index (χ2n) is 3.89. The predicted molar refractivity (Wildman–Crippen MR) is 62.4 cm³/mol. The second-order valence-corrected chi connectivity index (χ2v) is 4.16. The molecule has 1 unspecified atom stereocenters. The van der Waals surface area contributed by atoms with Crippen LogP contribution >= 0.6 is 11.6 Å². The SMILES string of the molecule is O=C(CCl)N1CCOC(c2cccc(F)c2)C1. The summed E-state index contributed by atoms with van der Waals surface area (Å²) in [6.45, 7) is 1.41. The van der Waals surface area contributed by atoms with Crippen molar-refractivity contribution in [1.29, 1.82) is 0 Å². The van der Waals surface area contributed by atoms with Gasteiger partial charge >= 0.3 is 0 Å². The van der Waals surface area contributed by atoms with Crippen LogP contribution in [-0.2, 0) is 9.53 Å². The van der Waals surface area contributed by atoms with Crippen molar-refractivity contribution in [3.63, 3.8) is 0 Å². The second kappa shape index (κ2) is 5.47. The number of nitrogens with zero attached hydrogens (tertiary/aromatic N) is 1. The monoisotopic (exact) mass is 257 g/mol. The Morgan fingerprint density at radius 2 is 2.41 bits per heavy atom. The van der Waals surface area contributed by atoms with E-state index in [4.69, 9.17) is 16.3 Å². The Labute approximate surface area is 104 Å². The third kappa shape index (κ3) is 2.96. The lowest BCUT2D eigenvalue weighted by molar-refractivity contribution is -0.136. The molecule has 1 aromatic rings. The average molecular weight is 258 g/mol. The number of rotatable bonds is 2. The fourth-order valence-corrected chi connectivity index (χ4v) is 2.04. The van der Waals surface area contributed by atoms with Crippen molar-refractivity contribution in [3.8, 4) is 0 Å². The van der Waals surface area contributed by atoms with Crippen molar-refractivity contribution < 1.29 is 13.9 Å². The third-order valence-electron chi connectivity index (χ3n) is 2.75. The molecule has 1 atom stereocenters. The van der Waals surface area contributed by atoms with Crippen molar-refractivity contribution in [2.75, 3.05) is 25.6 Å². The Balaban J connectivity index is 2.09. The Morgan fingerprint density at radius 1 is 1.59 bits per heavy atom. The lowest BCUT2D eigenvalue weighted by Crippen LogP contribution is -2.42. The topological polar surface area (TPSA) is 29.5 Å². The van der Waals surface area contributed by atoms with Crippen LogP contribution in [0.15, 0.2) is 24.3 Å². The highest BCUT2D eigenvalue weighted by Gasteiger charge is 2.24. The molecule has 0 aromatic heterocycles. The molecular weight excluding hydrogens is 245 g/mol. The molecule has 0 spiro atoms. The van der Waals surface area contributed by atoms with E-state index in [0.29, 0.717) is 19.7 Å². The van der Waals surface area contributed by atoms with Gasteiger partial charge in [-0.2, -0.15) is 0 Å². The number of alkyl halides is 1. The minimum absolute atomic E-state index is 0.0319. The summed E-state index contributed by atoms with van der Waals surface area (Å²) < 4.78 is 18.6. The van der Waals surface area contributed by atoms with Gasteiger partial charge in [0.05, 0.1) is 13.2 Å². The van der Waals surface area contributed by atoms with Gasteiger partial charge in [0.1, 0.15) is 17.8 Å². The maximum Gasteiger partial charge on any atom is 0.237 e. The molecule has 92 valence electrons. The van der Waals surface area contributed by atoms with E-state index in [2.05, 4.69) is 0 Å². The highest BCUT2D eigenvalue weighted by molar-refractivity contribution is 6.27. The summed E-state index contributed by atoms with van der Waals surface area (Å²) in [7, 11) is 0. The van der Waals surface area contributed by atoms with Gasteiger partial charge in [-0.15, -0.1) is 11.6 Å². The van der Waals surface area contributed by atoms with E-state index in [1.54, 1.807) is 17.0 Å². The van der Waals surface area contributed by atoms with Crippen molar-refractivity contribution >= 4 is 17.5 Å². The summed E-state index contributed by atoms with van der Waals surface area (Å²) in [6.07, 6.45) is -0.272. The van der Waals surface area contributed by atoms with Gasteiger partial charge in [-0.1, -0.05) is 12.1 Å². The standard InChI is InChI=1S/C12H13ClFNO2/c13-7-12(16)15-4-5-17-11(8-15)9-2-1-3-10(14)6-9/h1-3,6,11H,4-5,7-8H2. The van der Waals surface area contributed by atoms with Gasteiger partial charge in [0, 0.05) is 6.54 Å². The van der Waals surface area contributed by atoms with Gasteiger partial charge in [0.15, 0.2) is 0 Å². The number of ether oxygens (including phenoxy) is 1. The maximum absolute atomic E-state index is 13.1. The van der Waals surface area contributed by atoms with Gasteiger partial charge in [-0.3, -0.25) is 4.79 Å². The average Bonchev–Trinajstić information content (AvgIpc) is 2.38. The minimum Gasteiger partial charge on any atom is -0.370 e. The molecule has 5 heteroatoms. The van der Waals surface area contributed by atoms with Crippen LogP contribution in [0.1, 0.15) is 11.7 Å². The first-order valence-electron chi connectivity index (χ1n) is 5.41. The summed E-state index contributed by atoms with van der Waals surface area (Å²) >= 11 is 5.51. The first-order valence-corrected chi connectivity index (χ1v) is 5.95. The number of carbonyl (C=O) groups is 1. The molecule has 0 N–H and O–H groups in total. The van der Waals surface area contributed by atoms with E-state index >= 15 is 0 Å². The third-order valence-corrected chi connectivity index (χ3v) is 2.98. The normalized spacial score (nSPS) is 20.4. The molecule has 0 bridgehead atoms. The Morgan fingerprint density at radius 3 is 3.12 bits per heavy atom. The van der Waals surface area contributed by atoms with E-state index in [1.165, 1.54) is 12.1 Å². The number of amides is 1. The van der Waals surface area contributed by atoms with Crippen LogP contribution in [0.4, 0.5) is 4.39 Å². The molecule has 1 aliphatic rings. The fourth-order valence-electron chi connectivity index (χ4n) is 1.87. The zero-order valence-corrected chi connectivity index (χ0v) is 9.99. The first-order chi connectivity index (χ1) is 8.20. The quantitative estimate of drug-likeness (QED) is 0.758. The number of benzene rings is 1. The lowest BCUT2D eigenvalue weighted by atomic mass is 10.1. The summed E-state index contributed by atoms with van der Waals surface area (Å²) in [4.78, 5) is 13.1. The zero-order valence-electron chi connectivity index (χ0n) is 9.23. The largest absolute Gasteiger partial charge is 0.370 e. The lowest BCUT2D eigenvalue weighted by Gasteiger charge is -2.32. The molecule has 1 aliphatic heterocycles. The number of hydrogen-bond donors (Lipinski definition) is 0. The smallest absolute Gasteiger partial charge is 0.237 e. The molecule has 17 heavy (non-hydrogen) atoms. The molecule has 1 fully saturated rings. The predicted octanol–water partition coefficient (Wildman–Crippen LogP) is 1.96. The van der Waals surface area contributed by atoms with Crippen LogP contribution < -0.4 is 0 Å². The molecule has 1 heterocycles. The van der Waals surface area contributed by atoms with E-state index in [9.17, 15) is 9.18 Å². The molecule has 3 nitrogen and oxygen atoms in total. The van der Waals surface area contributed by atoms with Crippen LogP contribution in [0.3, 0.4) is 0 Å². The zero-order chi connectivity index (χ0) is 12.3. The van der Waals surface area contributed by atoms with Crippen molar-refractivity contribution in [1.82, 2.24) is 4.90 Å². The first kappa shape index (κ1) is 12.3. The fraction of sp³-hybridized carbons (Fsp3) is 0.417. The van der Waals surface area contributed by atoms with Crippen LogP contribution in [-0.4, -0.2) is 36.4 Å². The van der Waals surface area contributed by atoms with Gasteiger partial charge in [0.25, 0.3) is 0 Å². The van der Waals surface area contributed by atoms with Crippen LogP contribution in [0.25, 0.3) is 0 Å². The van der Waals surface area contributed by atoms with E-state index in [1.807, 2.05) is 0 Å². The van der Waals surface area contributed by atoms with Crippen molar-refractivity contribution in [3.05, 3.63) is 35.6 Å². The summed E-state index contributed by atoms with van der Waals surface area (Å²) in [5.41, 5.74) is 0.747. The van der Waals surface area contributed by atoms with Crippen molar-refractivity contribution in [2.24, 2.45) is 0 Å². The Hall–Kier alpha value is -1.13. The molecule has 0 radical (unpaired) electrons. The molecule has 1 aromatic carbocycles. The van der Waals surface area contributed by atoms with Gasteiger partial charge in [0.2, 0.25) is 5.91 Å². The number of hydrogen-bond acceptors (Lipinski definition) is 2. The molecule has 0 aliphatic carbocycles. The highest BCUT2D eigenvalue weighted by atomic mass is 35.5. The van der Waals surface area contributed by atoms with Crippen LogP contribution in [0.5, 0.6) is 0 Å². The number of halogens is 2. The maximum atomic E-state index is 13.1. The Kier molecular flexibility index (Phi) is 3.97. The number of morpholine rings is 1.